The zero-order valence-electron chi connectivity index (χ0n) is 12.0. The van der Waals surface area contributed by atoms with Crippen LogP contribution in [0.4, 0.5) is 0 Å². The van der Waals surface area contributed by atoms with Gasteiger partial charge < -0.3 is 15.5 Å². The molecule has 0 aliphatic rings. The summed E-state index contributed by atoms with van der Waals surface area (Å²) in [6, 6.07) is 7.19. The van der Waals surface area contributed by atoms with Crippen molar-refractivity contribution in [2.75, 3.05) is 6.61 Å². The van der Waals surface area contributed by atoms with Crippen molar-refractivity contribution in [3.63, 3.8) is 0 Å². The highest BCUT2D eigenvalue weighted by molar-refractivity contribution is 5.92. The van der Waals surface area contributed by atoms with Crippen LogP contribution in [0.15, 0.2) is 29.1 Å². The third kappa shape index (κ3) is 3.10. The minimum Gasteiger partial charge on any atom is -0.493 e. The van der Waals surface area contributed by atoms with Gasteiger partial charge in [-0.3, -0.25) is 9.59 Å². The van der Waals surface area contributed by atoms with Gasteiger partial charge in [0.2, 0.25) is 0 Å². The van der Waals surface area contributed by atoms with E-state index in [9.17, 15) is 9.59 Å². The van der Waals surface area contributed by atoms with Crippen molar-refractivity contribution in [1.29, 1.82) is 0 Å². The number of carbonyl (C=O) groups is 1. The first kappa shape index (κ1) is 14.8. The fraction of sp³-hybridized carbons (Fsp3) is 0.267. The van der Waals surface area contributed by atoms with Gasteiger partial charge in [0.1, 0.15) is 17.3 Å². The molecule has 0 saturated carbocycles. The second-order valence-electron chi connectivity index (χ2n) is 4.60. The Bertz CT molecular complexity index is 722. The summed E-state index contributed by atoms with van der Waals surface area (Å²) in [6.07, 6.45) is 0.860. The molecule has 0 saturated heterocycles. The number of primary amides is 1. The third-order valence-electron chi connectivity index (χ3n) is 2.99. The maximum atomic E-state index is 11.9. The van der Waals surface area contributed by atoms with Gasteiger partial charge in [-0.05, 0) is 25.5 Å². The monoisotopic (exact) mass is 287 g/mol. The van der Waals surface area contributed by atoms with Crippen LogP contribution in [0.3, 0.4) is 0 Å². The van der Waals surface area contributed by atoms with Crippen molar-refractivity contribution in [2.24, 2.45) is 5.73 Å². The Morgan fingerprint density at radius 3 is 2.76 bits per heavy atom. The maximum Gasteiger partial charge on any atom is 0.267 e. The highest BCUT2D eigenvalue weighted by atomic mass is 16.5. The fourth-order valence-electron chi connectivity index (χ4n) is 1.90. The van der Waals surface area contributed by atoms with Crippen LogP contribution in [0.1, 0.15) is 29.4 Å². The van der Waals surface area contributed by atoms with E-state index in [2.05, 4.69) is 9.97 Å². The van der Waals surface area contributed by atoms with Gasteiger partial charge in [-0.1, -0.05) is 19.1 Å². The lowest BCUT2D eigenvalue weighted by molar-refractivity contribution is 0.0994. The van der Waals surface area contributed by atoms with Gasteiger partial charge in [0.25, 0.3) is 11.5 Å². The summed E-state index contributed by atoms with van der Waals surface area (Å²) in [6.45, 7) is 4.06. The largest absolute Gasteiger partial charge is 0.493 e. The molecule has 2 aromatic rings. The Labute approximate surface area is 122 Å². The molecule has 6 heteroatoms. The van der Waals surface area contributed by atoms with E-state index in [0.29, 0.717) is 17.9 Å². The molecule has 1 aromatic heterocycles. The number of hydrogen-bond donors (Lipinski definition) is 2. The van der Waals surface area contributed by atoms with Crippen molar-refractivity contribution in [2.45, 2.75) is 20.3 Å². The fourth-order valence-corrected chi connectivity index (χ4v) is 1.90. The van der Waals surface area contributed by atoms with E-state index in [1.54, 1.807) is 18.2 Å². The highest BCUT2D eigenvalue weighted by Gasteiger charge is 2.15. The van der Waals surface area contributed by atoms with Crippen molar-refractivity contribution < 1.29 is 9.53 Å². The Morgan fingerprint density at radius 1 is 1.38 bits per heavy atom. The number of benzene rings is 1. The van der Waals surface area contributed by atoms with Gasteiger partial charge in [-0.2, -0.15) is 0 Å². The van der Waals surface area contributed by atoms with Crippen LogP contribution in [0.25, 0.3) is 11.4 Å². The number of ether oxygens (including phenoxy) is 1. The summed E-state index contributed by atoms with van der Waals surface area (Å²) in [5.41, 5.74) is 5.67. The molecule has 0 radical (unpaired) electrons. The first-order valence-corrected chi connectivity index (χ1v) is 6.67. The summed E-state index contributed by atoms with van der Waals surface area (Å²) in [7, 11) is 0. The van der Waals surface area contributed by atoms with Gasteiger partial charge in [0.05, 0.1) is 12.2 Å². The number of rotatable bonds is 5. The van der Waals surface area contributed by atoms with E-state index in [1.165, 1.54) is 6.92 Å². The number of nitrogens with one attached hydrogen (secondary N) is 1. The smallest absolute Gasteiger partial charge is 0.267 e. The standard InChI is InChI=1S/C15H17N3O3/c1-3-8-21-11-7-5-4-6-10(11)14-17-12(13(16)19)9(2)15(20)18-14/h4-7H,3,8H2,1-2H3,(H2,16,19)(H,17,18,20). The number of para-hydroxylation sites is 1. The Hall–Kier alpha value is -2.63. The second-order valence-corrected chi connectivity index (χ2v) is 4.60. The van der Waals surface area contributed by atoms with E-state index in [0.717, 1.165) is 6.42 Å². The summed E-state index contributed by atoms with van der Waals surface area (Å²) in [5, 5.41) is 0. The summed E-state index contributed by atoms with van der Waals surface area (Å²) < 4.78 is 5.63. The lowest BCUT2D eigenvalue weighted by Gasteiger charge is -2.11. The van der Waals surface area contributed by atoms with Crippen molar-refractivity contribution in [3.05, 3.63) is 45.9 Å². The molecule has 1 heterocycles. The third-order valence-corrected chi connectivity index (χ3v) is 2.99. The average molecular weight is 287 g/mol. The highest BCUT2D eigenvalue weighted by Crippen LogP contribution is 2.27. The molecule has 1 aromatic carbocycles. The molecule has 0 fully saturated rings. The first-order valence-electron chi connectivity index (χ1n) is 6.67. The van der Waals surface area contributed by atoms with Crippen LogP contribution in [-0.2, 0) is 0 Å². The molecule has 21 heavy (non-hydrogen) atoms. The average Bonchev–Trinajstić information content (AvgIpc) is 2.47. The minimum absolute atomic E-state index is 0.0287. The van der Waals surface area contributed by atoms with Gasteiger partial charge in [-0.25, -0.2) is 4.98 Å². The van der Waals surface area contributed by atoms with Crippen LogP contribution in [0.2, 0.25) is 0 Å². The molecule has 0 atom stereocenters. The topological polar surface area (TPSA) is 98.1 Å². The SMILES string of the molecule is CCCOc1ccccc1-c1nc(C(N)=O)c(C)c(=O)[nH]1. The van der Waals surface area contributed by atoms with Gasteiger partial charge in [-0.15, -0.1) is 0 Å². The first-order chi connectivity index (χ1) is 10.0. The van der Waals surface area contributed by atoms with E-state index in [4.69, 9.17) is 10.5 Å². The zero-order valence-corrected chi connectivity index (χ0v) is 12.0. The van der Waals surface area contributed by atoms with E-state index in [-0.39, 0.29) is 22.6 Å². The van der Waals surface area contributed by atoms with Crippen molar-refractivity contribution >= 4 is 5.91 Å². The molecular weight excluding hydrogens is 270 g/mol. The van der Waals surface area contributed by atoms with Crippen LogP contribution in [-0.4, -0.2) is 22.5 Å². The predicted octanol–water partition coefficient (Wildman–Crippen LogP) is 1.63. The number of carbonyl (C=O) groups excluding carboxylic acids is 1. The molecule has 0 bridgehead atoms. The van der Waals surface area contributed by atoms with E-state index < -0.39 is 5.91 Å². The van der Waals surface area contributed by atoms with E-state index >= 15 is 0 Å². The molecule has 2 rings (SSSR count). The molecule has 0 aliphatic carbocycles. The number of aromatic amines is 1. The number of aromatic nitrogens is 2. The number of nitrogens with zero attached hydrogens (tertiary/aromatic N) is 1. The summed E-state index contributed by atoms with van der Waals surface area (Å²) >= 11 is 0. The molecule has 3 N–H and O–H groups in total. The predicted molar refractivity (Wildman–Crippen MR) is 79.3 cm³/mol. The number of H-pyrrole nitrogens is 1. The van der Waals surface area contributed by atoms with Crippen molar-refractivity contribution in [3.8, 4) is 17.1 Å². The quantitative estimate of drug-likeness (QED) is 0.873. The molecule has 0 aliphatic heterocycles. The zero-order chi connectivity index (χ0) is 15.4. The van der Waals surface area contributed by atoms with E-state index in [1.807, 2.05) is 13.0 Å². The number of hydrogen-bond acceptors (Lipinski definition) is 4. The van der Waals surface area contributed by atoms with Gasteiger partial charge in [0, 0.05) is 5.56 Å². The molecule has 1 amide bonds. The number of amides is 1. The lowest BCUT2D eigenvalue weighted by atomic mass is 10.1. The van der Waals surface area contributed by atoms with Gasteiger partial charge >= 0.3 is 0 Å². The maximum absolute atomic E-state index is 11.9. The van der Waals surface area contributed by atoms with Crippen LogP contribution in [0.5, 0.6) is 5.75 Å². The Morgan fingerprint density at radius 2 is 2.10 bits per heavy atom. The Kier molecular flexibility index (Phi) is 4.37. The molecule has 0 spiro atoms. The summed E-state index contributed by atoms with van der Waals surface area (Å²) in [5.74, 6) is 0.139. The lowest BCUT2D eigenvalue weighted by Crippen LogP contribution is -2.23. The summed E-state index contributed by atoms with van der Waals surface area (Å²) in [4.78, 5) is 30.1. The van der Waals surface area contributed by atoms with Crippen molar-refractivity contribution in [1.82, 2.24) is 9.97 Å². The minimum atomic E-state index is -0.730. The second kappa shape index (κ2) is 6.21. The van der Waals surface area contributed by atoms with Gasteiger partial charge in [0.15, 0.2) is 0 Å². The van der Waals surface area contributed by atoms with Crippen LogP contribution >= 0.6 is 0 Å². The number of nitrogens with two attached hydrogens (primary N) is 1. The van der Waals surface area contributed by atoms with Crippen LogP contribution < -0.4 is 16.0 Å². The molecule has 6 nitrogen and oxygen atoms in total. The molecule has 110 valence electrons. The normalized spacial score (nSPS) is 10.4. The molecular formula is C15H17N3O3. The molecule has 0 unspecified atom stereocenters. The van der Waals surface area contributed by atoms with Crippen LogP contribution in [0, 0.1) is 6.92 Å². The Balaban J connectivity index is 2.57.